The van der Waals surface area contributed by atoms with Gasteiger partial charge in [-0.25, -0.2) is 101 Å². The summed E-state index contributed by atoms with van der Waals surface area (Å²) < 4.78 is 355. The first-order valence-corrected chi connectivity index (χ1v) is 14.2. The minimum atomic E-state index is -6.23. The molecule has 7 rings (SSSR count). The molecule has 0 N–H and O–H groups in total. The van der Waals surface area contributed by atoms with E-state index in [1.807, 2.05) is 0 Å². The zero-order valence-electron chi connectivity index (χ0n) is 25.3. The van der Waals surface area contributed by atoms with E-state index in [-0.39, 0.29) is 0 Å². The van der Waals surface area contributed by atoms with Crippen molar-refractivity contribution in [2.24, 2.45) is 0 Å². The number of hydrogen-bond donors (Lipinski definition) is 0. The molecule has 0 aliphatic heterocycles. The highest BCUT2D eigenvalue weighted by Crippen LogP contribution is 2.64. The predicted molar refractivity (Wildman–Crippen MR) is 138 cm³/mol. The van der Waals surface area contributed by atoms with Gasteiger partial charge in [0.2, 0.25) is 0 Å². The second-order valence-electron chi connectivity index (χ2n) is 11.9. The van der Waals surface area contributed by atoms with E-state index in [1.165, 1.54) is 0 Å². The van der Waals surface area contributed by atoms with Crippen LogP contribution in [0.4, 0.5) is 101 Å². The van der Waals surface area contributed by atoms with Gasteiger partial charge in [-0.05, 0) is 0 Å². The first-order chi connectivity index (χ1) is 25.9. The third kappa shape index (κ3) is 4.16. The molecule has 0 unspecified atom stereocenters. The van der Waals surface area contributed by atoms with Gasteiger partial charge in [-0.2, -0.15) is 0 Å². The van der Waals surface area contributed by atoms with Gasteiger partial charge in [0.1, 0.15) is 11.1 Å². The fourth-order valence-electron chi connectivity index (χ4n) is 7.21. The normalized spacial score (nSPS) is 14.6. The van der Waals surface area contributed by atoms with Gasteiger partial charge in [0, 0.05) is 50.0 Å². The number of alkyl halides is 2. The molecule has 0 spiro atoms. The number of benzene rings is 5. The van der Waals surface area contributed by atoms with Crippen molar-refractivity contribution in [3.8, 4) is 22.3 Å². The van der Waals surface area contributed by atoms with Crippen molar-refractivity contribution in [2.75, 3.05) is 0 Å². The molecule has 0 atom stereocenters. The molecule has 2 aliphatic carbocycles. The SMILES string of the molecule is Fc1c(F)c(F)c(B(C2(F)c3c(F)c(F)c(F)c(F)c3-c3c(F)c(F)c(F)c(F)c32)C2(F)c3c(F)c(F)c(F)c(F)c3-c3c(F)c(F)c(F)c(F)c32)c(F)c1F. The molecule has 0 amide bonds. The van der Waals surface area contributed by atoms with Gasteiger partial charge in [0.25, 0.3) is 6.71 Å². The lowest BCUT2D eigenvalue weighted by atomic mass is 9.24. The Morgan fingerprint density at radius 3 is 0.589 bits per heavy atom. The van der Waals surface area contributed by atoms with E-state index in [1.54, 1.807) is 0 Å². The minimum absolute atomic E-state index is 2.82. The Bertz CT molecular complexity index is 2390. The maximum atomic E-state index is 18.5. The summed E-state index contributed by atoms with van der Waals surface area (Å²) in [5.41, 5.74) is -40.3. The highest BCUT2D eigenvalue weighted by Gasteiger charge is 2.72. The van der Waals surface area contributed by atoms with Gasteiger partial charge >= 0.3 is 0 Å². The third-order valence-corrected chi connectivity index (χ3v) is 9.35. The summed E-state index contributed by atoms with van der Waals surface area (Å²) in [4.78, 5) is 0. The van der Waals surface area contributed by atoms with Crippen LogP contribution in [0.1, 0.15) is 22.3 Å². The fraction of sp³-hybridized carbons (Fsp3) is 0.0625. The Morgan fingerprint density at radius 1 is 0.214 bits per heavy atom. The third-order valence-electron chi connectivity index (χ3n) is 9.35. The van der Waals surface area contributed by atoms with Crippen molar-refractivity contribution in [2.45, 2.75) is 11.1 Å². The van der Waals surface area contributed by atoms with Crippen LogP contribution in [-0.2, 0) is 11.1 Å². The van der Waals surface area contributed by atoms with Crippen LogP contribution in [0.3, 0.4) is 0 Å². The maximum absolute atomic E-state index is 18.5. The molecular formula is C32BF23. The van der Waals surface area contributed by atoms with Crippen LogP contribution in [0.2, 0.25) is 0 Å². The summed E-state index contributed by atoms with van der Waals surface area (Å²) in [6, 6.07) is 0. The van der Waals surface area contributed by atoms with Crippen LogP contribution in [0.15, 0.2) is 0 Å². The lowest BCUT2D eigenvalue weighted by molar-refractivity contribution is 0.250. The molecule has 56 heavy (non-hydrogen) atoms. The quantitative estimate of drug-likeness (QED) is 0.0736. The summed E-state index contributed by atoms with van der Waals surface area (Å²) >= 11 is 0. The average Bonchev–Trinajstić information content (AvgIpc) is 3.60. The fourth-order valence-corrected chi connectivity index (χ4v) is 7.21. The first kappa shape index (κ1) is 38.8. The van der Waals surface area contributed by atoms with Crippen molar-refractivity contribution in [3.05, 3.63) is 144 Å². The summed E-state index contributed by atoms with van der Waals surface area (Å²) in [5.74, 6) is -71.9. The van der Waals surface area contributed by atoms with Gasteiger partial charge < -0.3 is 0 Å². The monoisotopic (exact) mass is 832 g/mol. The number of fused-ring (bicyclic) bond motifs is 6. The van der Waals surface area contributed by atoms with Gasteiger partial charge in [-0.1, -0.05) is 0 Å². The second kappa shape index (κ2) is 11.8. The molecule has 5 aromatic carbocycles. The first-order valence-electron chi connectivity index (χ1n) is 14.2. The molecule has 24 heteroatoms. The zero-order chi connectivity index (χ0) is 41.9. The van der Waals surface area contributed by atoms with Crippen LogP contribution in [0.5, 0.6) is 0 Å². The van der Waals surface area contributed by atoms with E-state index in [2.05, 4.69) is 0 Å². The molecule has 5 aromatic rings. The lowest BCUT2D eigenvalue weighted by Gasteiger charge is -2.39. The Balaban J connectivity index is 1.89. The molecular weight excluding hydrogens is 832 g/mol. The Kier molecular flexibility index (Phi) is 8.17. The van der Waals surface area contributed by atoms with Crippen molar-refractivity contribution < 1.29 is 101 Å². The highest BCUT2D eigenvalue weighted by molar-refractivity contribution is 6.80. The van der Waals surface area contributed by atoms with Crippen LogP contribution in [0, 0.1) is 122 Å². The second-order valence-corrected chi connectivity index (χ2v) is 11.9. The van der Waals surface area contributed by atoms with Crippen molar-refractivity contribution >= 4 is 12.2 Å². The van der Waals surface area contributed by atoms with Gasteiger partial charge in [-0.15, -0.1) is 0 Å². The summed E-state index contributed by atoms with van der Waals surface area (Å²) in [6.45, 7) is -5.42. The summed E-state index contributed by atoms with van der Waals surface area (Å²) in [7, 11) is 0. The average molecular weight is 832 g/mol. The Hall–Kier alpha value is -5.45. The molecule has 292 valence electrons. The number of halogens is 23. The van der Waals surface area contributed by atoms with Crippen molar-refractivity contribution in [1.82, 2.24) is 0 Å². The van der Waals surface area contributed by atoms with E-state index >= 15 is 52.7 Å². The highest BCUT2D eigenvalue weighted by atomic mass is 19.2. The van der Waals surface area contributed by atoms with E-state index in [9.17, 15) is 48.3 Å². The zero-order valence-corrected chi connectivity index (χ0v) is 25.3. The minimum Gasteiger partial charge on any atom is -0.242 e. The molecule has 0 bridgehead atoms. The van der Waals surface area contributed by atoms with Crippen molar-refractivity contribution in [3.63, 3.8) is 0 Å². The molecule has 0 aromatic heterocycles. The molecule has 0 heterocycles. The standard InChI is InChI=1S/C32BF23/c34-10-1-2-6(15(39)25(49)21(45)11(2)35)31(55,5(1)14(38)24(48)20(10)44)33(9-18(42)28(52)30(54)29(53)19(9)43)32(56)7-3(12(36)22(46)26(50)16(7)40)4-8(32)17(41)27(51)23(47)13(4)37. The molecule has 0 fully saturated rings. The van der Waals surface area contributed by atoms with Crippen molar-refractivity contribution in [1.29, 1.82) is 0 Å². The van der Waals surface area contributed by atoms with Crippen LogP contribution >= 0.6 is 0 Å². The number of hydrogen-bond acceptors (Lipinski definition) is 0. The molecule has 2 aliphatic rings. The number of rotatable bonds is 3. The lowest BCUT2D eigenvalue weighted by Crippen LogP contribution is -2.63. The van der Waals surface area contributed by atoms with Gasteiger partial charge in [-0.3, -0.25) is 0 Å². The smallest absolute Gasteiger partial charge is 0.242 e. The predicted octanol–water partition coefficient (Wildman–Crippen LogP) is 10.2. The largest absolute Gasteiger partial charge is 0.295 e. The van der Waals surface area contributed by atoms with E-state index < -0.39 is 190 Å². The van der Waals surface area contributed by atoms with Crippen LogP contribution in [-0.4, -0.2) is 6.71 Å². The van der Waals surface area contributed by atoms with Crippen LogP contribution < -0.4 is 5.46 Å². The van der Waals surface area contributed by atoms with Crippen LogP contribution in [0.25, 0.3) is 22.3 Å². The molecule has 0 saturated heterocycles. The topological polar surface area (TPSA) is 0 Å². The van der Waals surface area contributed by atoms with E-state index in [4.69, 9.17) is 0 Å². The maximum Gasteiger partial charge on any atom is 0.295 e. The Morgan fingerprint density at radius 2 is 0.375 bits per heavy atom. The molecule has 0 nitrogen and oxygen atoms in total. The van der Waals surface area contributed by atoms with E-state index in [0.717, 1.165) is 0 Å². The molecule has 0 radical (unpaired) electrons. The summed E-state index contributed by atoms with van der Waals surface area (Å²) in [5, 5.41) is 0. The van der Waals surface area contributed by atoms with Gasteiger partial charge in [0.15, 0.2) is 122 Å². The molecule has 0 saturated carbocycles. The summed E-state index contributed by atoms with van der Waals surface area (Å²) in [6.07, 6.45) is 0. The van der Waals surface area contributed by atoms with Gasteiger partial charge in [0.05, 0.1) is 0 Å². The van der Waals surface area contributed by atoms with E-state index in [0.29, 0.717) is 0 Å². The Labute approximate surface area is 291 Å².